The Hall–Kier alpha value is -2.38. The lowest BCUT2D eigenvalue weighted by Gasteiger charge is -2.14. The summed E-state index contributed by atoms with van der Waals surface area (Å²) in [6.07, 6.45) is 0. The second kappa shape index (κ2) is 7.02. The minimum absolute atomic E-state index is 0.238. The van der Waals surface area contributed by atoms with E-state index in [-0.39, 0.29) is 10.8 Å². The minimum atomic E-state index is -3.69. The van der Waals surface area contributed by atoms with Crippen LogP contribution in [0.15, 0.2) is 47.4 Å². The van der Waals surface area contributed by atoms with Crippen LogP contribution in [0.2, 0.25) is 0 Å². The first kappa shape index (κ1) is 18.0. The average Bonchev–Trinajstić information content (AvgIpc) is 2.56. The molecule has 24 heavy (non-hydrogen) atoms. The largest absolute Gasteiger partial charge is 0.280 e. The quantitative estimate of drug-likeness (QED) is 0.843. The van der Waals surface area contributed by atoms with Crippen LogP contribution in [0.4, 0.5) is 5.69 Å². The van der Waals surface area contributed by atoms with Gasteiger partial charge in [0.15, 0.2) is 0 Å². The van der Waals surface area contributed by atoms with Crippen molar-refractivity contribution in [3.05, 3.63) is 59.2 Å². The SMILES string of the molecule is CON(C)C(=O)c1ccc(NS(=O)(=O)c2cc(C)ccc2C)cc1. The molecule has 6 nitrogen and oxygen atoms in total. The van der Waals surface area contributed by atoms with Crippen molar-refractivity contribution in [3.63, 3.8) is 0 Å². The predicted molar refractivity (Wildman–Crippen MR) is 92.3 cm³/mol. The van der Waals surface area contributed by atoms with Crippen LogP contribution in [-0.4, -0.2) is 33.5 Å². The monoisotopic (exact) mass is 348 g/mol. The van der Waals surface area contributed by atoms with Crippen LogP contribution < -0.4 is 4.72 Å². The summed E-state index contributed by atoms with van der Waals surface area (Å²) in [6, 6.07) is 11.4. The summed E-state index contributed by atoms with van der Waals surface area (Å²) in [7, 11) is -0.798. The maximum Gasteiger partial charge on any atom is 0.277 e. The second-order valence-corrected chi connectivity index (χ2v) is 7.09. The van der Waals surface area contributed by atoms with E-state index in [1.165, 1.54) is 14.2 Å². The Morgan fingerprint density at radius 3 is 2.29 bits per heavy atom. The van der Waals surface area contributed by atoms with Crippen LogP contribution >= 0.6 is 0 Å². The van der Waals surface area contributed by atoms with Crippen LogP contribution in [0.1, 0.15) is 21.5 Å². The molecule has 2 aromatic rings. The van der Waals surface area contributed by atoms with Gasteiger partial charge in [-0.15, -0.1) is 0 Å². The Morgan fingerprint density at radius 2 is 1.71 bits per heavy atom. The van der Waals surface area contributed by atoms with E-state index in [1.54, 1.807) is 43.3 Å². The van der Waals surface area contributed by atoms with E-state index in [2.05, 4.69) is 4.72 Å². The molecule has 128 valence electrons. The zero-order valence-electron chi connectivity index (χ0n) is 14.0. The predicted octanol–water partition coefficient (Wildman–Crippen LogP) is 2.74. The van der Waals surface area contributed by atoms with E-state index < -0.39 is 10.0 Å². The number of rotatable bonds is 5. The van der Waals surface area contributed by atoms with Gasteiger partial charge < -0.3 is 0 Å². The molecule has 0 spiro atoms. The number of nitrogens with zero attached hydrogens (tertiary/aromatic N) is 1. The number of carbonyl (C=O) groups excluding carboxylic acids is 1. The van der Waals surface area contributed by atoms with E-state index in [0.29, 0.717) is 16.8 Å². The normalized spacial score (nSPS) is 11.2. The standard InChI is InChI=1S/C17H20N2O4S/c1-12-5-6-13(2)16(11-12)24(21,22)18-15-9-7-14(8-10-15)17(20)19(3)23-4/h5-11,18H,1-4H3. The molecule has 0 radical (unpaired) electrons. The highest BCUT2D eigenvalue weighted by Crippen LogP contribution is 2.21. The van der Waals surface area contributed by atoms with Gasteiger partial charge in [0.05, 0.1) is 12.0 Å². The number of hydroxylamine groups is 2. The van der Waals surface area contributed by atoms with Gasteiger partial charge in [0.25, 0.3) is 15.9 Å². The molecule has 1 amide bonds. The highest BCUT2D eigenvalue weighted by molar-refractivity contribution is 7.92. The van der Waals surface area contributed by atoms with Gasteiger partial charge in [-0.05, 0) is 55.3 Å². The molecule has 0 aromatic heterocycles. The number of amides is 1. The van der Waals surface area contributed by atoms with Crippen molar-refractivity contribution in [1.82, 2.24) is 5.06 Å². The zero-order chi connectivity index (χ0) is 17.9. The van der Waals surface area contributed by atoms with E-state index in [4.69, 9.17) is 4.84 Å². The molecule has 0 atom stereocenters. The van der Waals surface area contributed by atoms with E-state index in [0.717, 1.165) is 10.6 Å². The van der Waals surface area contributed by atoms with Gasteiger partial charge in [-0.1, -0.05) is 12.1 Å². The number of nitrogens with one attached hydrogen (secondary N) is 1. The van der Waals surface area contributed by atoms with Crippen LogP contribution in [0.25, 0.3) is 0 Å². The molecular formula is C17H20N2O4S. The summed E-state index contributed by atoms with van der Waals surface area (Å²) in [5.74, 6) is -0.318. The highest BCUT2D eigenvalue weighted by atomic mass is 32.2. The molecule has 0 unspecified atom stereocenters. The van der Waals surface area contributed by atoms with Gasteiger partial charge in [0.1, 0.15) is 0 Å². The van der Waals surface area contributed by atoms with Crippen LogP contribution in [0.5, 0.6) is 0 Å². The summed E-state index contributed by atoms with van der Waals surface area (Å²) < 4.78 is 27.6. The third kappa shape index (κ3) is 3.93. The number of benzene rings is 2. The van der Waals surface area contributed by atoms with Gasteiger partial charge >= 0.3 is 0 Å². The van der Waals surface area contributed by atoms with Crippen LogP contribution in [-0.2, 0) is 14.9 Å². The topological polar surface area (TPSA) is 75.7 Å². The van der Waals surface area contributed by atoms with Gasteiger partial charge in [0.2, 0.25) is 0 Å². The van der Waals surface area contributed by atoms with Crippen molar-refractivity contribution in [2.75, 3.05) is 18.9 Å². The first-order valence-electron chi connectivity index (χ1n) is 7.27. The molecule has 0 saturated carbocycles. The molecule has 0 heterocycles. The fraction of sp³-hybridized carbons (Fsp3) is 0.235. The Bertz CT molecular complexity index is 845. The molecule has 0 aliphatic rings. The number of hydrogen-bond donors (Lipinski definition) is 1. The highest BCUT2D eigenvalue weighted by Gasteiger charge is 2.18. The fourth-order valence-electron chi connectivity index (χ4n) is 2.15. The third-order valence-electron chi connectivity index (χ3n) is 3.58. The lowest BCUT2D eigenvalue weighted by Crippen LogP contribution is -2.25. The summed E-state index contributed by atoms with van der Waals surface area (Å²) in [4.78, 5) is 17.0. The number of aryl methyl sites for hydroxylation is 2. The van der Waals surface area contributed by atoms with Gasteiger partial charge in [-0.25, -0.2) is 13.5 Å². The van der Waals surface area contributed by atoms with Gasteiger partial charge in [-0.3, -0.25) is 14.4 Å². The van der Waals surface area contributed by atoms with Crippen LogP contribution in [0, 0.1) is 13.8 Å². The maximum absolute atomic E-state index is 12.5. The molecule has 0 aliphatic heterocycles. The molecule has 2 aromatic carbocycles. The van der Waals surface area contributed by atoms with Crippen molar-refractivity contribution in [2.24, 2.45) is 0 Å². The van der Waals surface area contributed by atoms with E-state index in [1.807, 2.05) is 13.0 Å². The average molecular weight is 348 g/mol. The Labute approximate surface area is 142 Å². The van der Waals surface area contributed by atoms with Crippen molar-refractivity contribution in [3.8, 4) is 0 Å². The first-order chi connectivity index (χ1) is 11.2. The molecular weight excluding hydrogens is 328 g/mol. The maximum atomic E-state index is 12.5. The molecule has 2 rings (SSSR count). The third-order valence-corrected chi connectivity index (χ3v) is 5.10. The molecule has 0 aliphatic carbocycles. The Balaban J connectivity index is 2.24. The van der Waals surface area contributed by atoms with E-state index in [9.17, 15) is 13.2 Å². The molecule has 7 heteroatoms. The lowest BCUT2D eigenvalue weighted by atomic mass is 10.2. The van der Waals surface area contributed by atoms with Gasteiger partial charge in [-0.2, -0.15) is 0 Å². The second-order valence-electron chi connectivity index (χ2n) is 5.44. The molecule has 1 N–H and O–H groups in total. The number of carbonyl (C=O) groups is 1. The Kier molecular flexibility index (Phi) is 5.26. The zero-order valence-corrected chi connectivity index (χ0v) is 14.8. The summed E-state index contributed by atoms with van der Waals surface area (Å²) in [6.45, 7) is 3.58. The first-order valence-corrected chi connectivity index (χ1v) is 8.75. The number of sulfonamides is 1. The summed E-state index contributed by atoms with van der Waals surface area (Å²) in [5.41, 5.74) is 2.31. The van der Waals surface area contributed by atoms with E-state index >= 15 is 0 Å². The minimum Gasteiger partial charge on any atom is -0.280 e. The molecule has 0 fully saturated rings. The van der Waals surface area contributed by atoms with Crippen molar-refractivity contribution >= 4 is 21.6 Å². The Morgan fingerprint density at radius 1 is 1.08 bits per heavy atom. The van der Waals surface area contributed by atoms with Gasteiger partial charge in [0, 0.05) is 18.3 Å². The summed E-state index contributed by atoms with van der Waals surface area (Å²) in [5, 5.41) is 1.09. The summed E-state index contributed by atoms with van der Waals surface area (Å²) >= 11 is 0. The number of anilines is 1. The van der Waals surface area contributed by atoms with Crippen molar-refractivity contribution < 1.29 is 18.0 Å². The lowest BCUT2D eigenvalue weighted by molar-refractivity contribution is -0.0756. The van der Waals surface area contributed by atoms with Crippen molar-refractivity contribution in [2.45, 2.75) is 18.7 Å². The van der Waals surface area contributed by atoms with Crippen molar-refractivity contribution in [1.29, 1.82) is 0 Å². The molecule has 0 saturated heterocycles. The van der Waals surface area contributed by atoms with Crippen LogP contribution in [0.3, 0.4) is 0 Å². The smallest absolute Gasteiger partial charge is 0.277 e. The fourth-order valence-corrected chi connectivity index (χ4v) is 3.54. The number of hydrogen-bond acceptors (Lipinski definition) is 4. The molecule has 0 bridgehead atoms.